The van der Waals surface area contributed by atoms with Crippen LogP contribution >= 0.6 is 0 Å². The monoisotopic (exact) mass is 220 g/mol. The van der Waals surface area contributed by atoms with Crippen molar-refractivity contribution >= 4 is 17.8 Å². The van der Waals surface area contributed by atoms with Gasteiger partial charge in [0.25, 0.3) is 11.6 Å². The van der Waals surface area contributed by atoms with Gasteiger partial charge in [0.1, 0.15) is 5.56 Å². The minimum Gasteiger partial charge on any atom is -0.269 e. The molecule has 1 amide bonds. The van der Waals surface area contributed by atoms with E-state index in [2.05, 4.69) is 5.43 Å². The molecule has 6 heteroatoms. The van der Waals surface area contributed by atoms with E-state index in [1.807, 2.05) is 0 Å². The Labute approximate surface area is 91.3 Å². The highest BCUT2D eigenvalue weighted by atomic mass is 16.6. The highest BCUT2D eigenvalue weighted by Crippen LogP contribution is 2.15. The van der Waals surface area contributed by atoms with E-state index in [1.165, 1.54) is 6.07 Å². The van der Waals surface area contributed by atoms with Crippen molar-refractivity contribution in [3.63, 3.8) is 0 Å². The van der Waals surface area contributed by atoms with E-state index in [0.717, 1.165) is 0 Å². The molecule has 1 N–H and O–H groups in total. The van der Waals surface area contributed by atoms with E-state index in [9.17, 15) is 14.9 Å². The van der Waals surface area contributed by atoms with Gasteiger partial charge in [-0.05, 0) is 6.07 Å². The molecule has 2 rings (SSSR count). The number of carbonyl (C=O) groups excluding carboxylic acids is 1. The van der Waals surface area contributed by atoms with Crippen LogP contribution in [-0.4, -0.2) is 28.3 Å². The first-order valence-corrected chi connectivity index (χ1v) is 4.81. The molecule has 1 saturated heterocycles. The van der Waals surface area contributed by atoms with Crippen LogP contribution in [0.3, 0.4) is 0 Å². The van der Waals surface area contributed by atoms with Crippen LogP contribution < -0.4 is 5.43 Å². The molecule has 0 aliphatic carbocycles. The summed E-state index contributed by atoms with van der Waals surface area (Å²) in [6, 6.07) is 6.40. The minimum absolute atomic E-state index is 0.0312. The van der Waals surface area contributed by atoms with Gasteiger partial charge in [-0.1, -0.05) is 12.1 Å². The van der Waals surface area contributed by atoms with Gasteiger partial charge in [-0.2, -0.15) is 0 Å². The van der Waals surface area contributed by atoms with Crippen molar-refractivity contribution in [2.75, 3.05) is 6.54 Å². The Morgan fingerprint density at radius 1 is 1.44 bits per heavy atom. The average molecular weight is 220 g/mol. The summed E-state index contributed by atoms with van der Waals surface area (Å²) >= 11 is 0. The summed E-state index contributed by atoms with van der Waals surface area (Å²) in [5.41, 5.74) is 3.10. The number of carbonyl (C=O) groups is 1. The normalized spacial score (nSPS) is 17.5. The topological polar surface area (TPSA) is 75.2 Å². The summed E-state index contributed by atoms with van der Waals surface area (Å²) in [7, 11) is 0. The SMILES string of the molecule is O=C1CC/[N+](=C\c2ccccc2[N+](=O)[O-])N1. The average Bonchev–Trinajstić information content (AvgIpc) is 2.64. The number of benzene rings is 1. The third-order valence-corrected chi connectivity index (χ3v) is 2.28. The van der Waals surface area contributed by atoms with Crippen LogP contribution in [0.2, 0.25) is 0 Å². The van der Waals surface area contributed by atoms with Gasteiger partial charge in [-0.25, -0.2) is 0 Å². The largest absolute Gasteiger partial charge is 0.282 e. The number of nitrogens with one attached hydrogen (secondary N) is 1. The van der Waals surface area contributed by atoms with E-state index >= 15 is 0 Å². The summed E-state index contributed by atoms with van der Waals surface area (Å²) in [6.07, 6.45) is 1.99. The molecule has 0 spiro atoms. The standard InChI is InChI=1S/C10H9N3O3/c14-10-5-6-12(11-10)7-8-3-1-2-4-9(8)13(15)16/h1-4,7H,5-6H2/p+1/b12-7+. The van der Waals surface area contributed by atoms with Gasteiger partial charge < -0.3 is 0 Å². The Bertz CT molecular complexity index is 482. The minimum atomic E-state index is -0.441. The lowest BCUT2D eigenvalue weighted by Gasteiger charge is -1.95. The summed E-state index contributed by atoms with van der Waals surface area (Å²) in [5.74, 6) is -0.0742. The molecule has 1 fully saturated rings. The molecule has 0 saturated carbocycles. The van der Waals surface area contributed by atoms with Gasteiger partial charge in [0.05, 0.1) is 11.3 Å². The maximum atomic E-state index is 11.0. The van der Waals surface area contributed by atoms with E-state index in [0.29, 0.717) is 18.5 Å². The molecule has 6 nitrogen and oxygen atoms in total. The summed E-state index contributed by atoms with van der Waals surface area (Å²) in [4.78, 5) is 21.3. The first-order chi connectivity index (χ1) is 7.66. The second kappa shape index (κ2) is 4.09. The van der Waals surface area contributed by atoms with Crippen LogP contribution in [0.15, 0.2) is 24.3 Å². The van der Waals surface area contributed by atoms with Gasteiger partial charge in [0, 0.05) is 6.07 Å². The number of hydrogen-bond acceptors (Lipinski definition) is 3. The van der Waals surface area contributed by atoms with Crippen molar-refractivity contribution < 1.29 is 14.4 Å². The molecule has 0 aromatic heterocycles. The van der Waals surface area contributed by atoms with Crippen LogP contribution in [-0.2, 0) is 4.79 Å². The van der Waals surface area contributed by atoms with Crippen molar-refractivity contribution in [3.8, 4) is 0 Å². The van der Waals surface area contributed by atoms with Crippen molar-refractivity contribution in [2.45, 2.75) is 6.42 Å². The quantitative estimate of drug-likeness (QED) is 0.447. The van der Waals surface area contributed by atoms with Gasteiger partial charge in [-0.3, -0.25) is 14.9 Å². The lowest BCUT2D eigenvalue weighted by Crippen LogP contribution is -2.25. The molecule has 1 aliphatic rings. The van der Waals surface area contributed by atoms with Crippen molar-refractivity contribution in [2.24, 2.45) is 0 Å². The molecule has 1 heterocycles. The first-order valence-electron chi connectivity index (χ1n) is 4.81. The number of hydrazone groups is 1. The van der Waals surface area contributed by atoms with E-state index in [4.69, 9.17) is 0 Å². The summed E-state index contributed by atoms with van der Waals surface area (Å²) < 4.78 is 1.56. The highest BCUT2D eigenvalue weighted by Gasteiger charge is 2.22. The Kier molecular flexibility index (Phi) is 2.63. The predicted molar refractivity (Wildman–Crippen MR) is 56.1 cm³/mol. The molecule has 0 unspecified atom stereocenters. The maximum absolute atomic E-state index is 11.0. The zero-order valence-electron chi connectivity index (χ0n) is 8.42. The molecule has 16 heavy (non-hydrogen) atoms. The van der Waals surface area contributed by atoms with Crippen molar-refractivity contribution in [1.82, 2.24) is 5.43 Å². The van der Waals surface area contributed by atoms with Crippen LogP contribution in [0, 0.1) is 10.1 Å². The van der Waals surface area contributed by atoms with Gasteiger partial charge in [0.15, 0.2) is 6.54 Å². The van der Waals surface area contributed by atoms with Gasteiger partial charge >= 0.3 is 0 Å². The van der Waals surface area contributed by atoms with Crippen LogP contribution in [0.25, 0.3) is 0 Å². The van der Waals surface area contributed by atoms with Crippen molar-refractivity contribution in [1.29, 1.82) is 0 Å². The van der Waals surface area contributed by atoms with Gasteiger partial charge in [-0.15, -0.1) is 10.1 Å². The number of hydrazine groups is 1. The first kappa shape index (κ1) is 10.3. The number of amides is 1. The second-order valence-corrected chi connectivity index (χ2v) is 3.42. The van der Waals surface area contributed by atoms with Gasteiger partial charge in [0.2, 0.25) is 6.21 Å². The summed E-state index contributed by atoms with van der Waals surface area (Å²) in [6.45, 7) is 0.533. The number of hydrogen-bond donors (Lipinski definition) is 1. The molecule has 0 radical (unpaired) electrons. The van der Waals surface area contributed by atoms with Crippen LogP contribution in [0.1, 0.15) is 12.0 Å². The molecular weight excluding hydrogens is 210 g/mol. The van der Waals surface area contributed by atoms with Crippen molar-refractivity contribution in [3.05, 3.63) is 39.9 Å². The molecule has 0 atom stereocenters. The third-order valence-electron chi connectivity index (χ3n) is 2.28. The lowest BCUT2D eigenvalue weighted by molar-refractivity contribution is -0.553. The Hall–Kier alpha value is -2.24. The Balaban J connectivity index is 2.34. The lowest BCUT2D eigenvalue weighted by atomic mass is 10.2. The fraction of sp³-hybridized carbons (Fsp3) is 0.200. The smallest absolute Gasteiger partial charge is 0.269 e. The number of para-hydroxylation sites is 1. The van der Waals surface area contributed by atoms with Crippen LogP contribution in [0.5, 0.6) is 0 Å². The number of rotatable bonds is 2. The van der Waals surface area contributed by atoms with E-state index in [1.54, 1.807) is 29.1 Å². The molecule has 1 aromatic rings. The number of nitro benzene ring substituents is 1. The molecular formula is C10H10N3O3+. The molecule has 1 aliphatic heterocycles. The highest BCUT2D eigenvalue weighted by molar-refractivity contribution is 5.83. The maximum Gasteiger partial charge on any atom is 0.282 e. The van der Waals surface area contributed by atoms with E-state index in [-0.39, 0.29) is 11.6 Å². The fourth-order valence-corrected chi connectivity index (χ4v) is 1.52. The third kappa shape index (κ3) is 2.05. The zero-order chi connectivity index (χ0) is 11.5. The molecule has 0 bridgehead atoms. The number of nitro groups is 1. The fourth-order valence-electron chi connectivity index (χ4n) is 1.52. The Morgan fingerprint density at radius 3 is 2.81 bits per heavy atom. The van der Waals surface area contributed by atoms with Crippen LogP contribution in [0.4, 0.5) is 5.69 Å². The summed E-state index contributed by atoms with van der Waals surface area (Å²) in [5, 5.41) is 10.7. The molecule has 82 valence electrons. The Morgan fingerprint density at radius 2 is 2.19 bits per heavy atom. The molecule has 1 aromatic carbocycles. The van der Waals surface area contributed by atoms with E-state index < -0.39 is 4.92 Å². The second-order valence-electron chi connectivity index (χ2n) is 3.42. The number of nitrogens with zero attached hydrogens (tertiary/aromatic N) is 2. The predicted octanol–water partition coefficient (Wildman–Crippen LogP) is 0.461. The zero-order valence-corrected chi connectivity index (χ0v) is 8.42.